The first kappa shape index (κ1) is 20.9. The molecule has 0 aliphatic carbocycles. The van der Waals surface area contributed by atoms with Gasteiger partial charge in [-0.05, 0) is 36.0 Å². The largest absolute Gasteiger partial charge is 0.393 e. The van der Waals surface area contributed by atoms with E-state index in [0.29, 0.717) is 43.1 Å². The number of aliphatic hydroxyl groups excluding tert-OH is 1. The summed E-state index contributed by atoms with van der Waals surface area (Å²) in [6.45, 7) is 7.41. The molecular formula is C21H29N5O3. The Bertz CT molecular complexity index is 875. The Hall–Kier alpha value is -2.87. The highest BCUT2D eigenvalue weighted by atomic mass is 16.3. The summed E-state index contributed by atoms with van der Waals surface area (Å²) in [6, 6.07) is 9.03. The topological polar surface area (TPSA) is 99.5 Å². The van der Waals surface area contributed by atoms with Crippen molar-refractivity contribution in [3.63, 3.8) is 0 Å². The van der Waals surface area contributed by atoms with E-state index in [0.717, 1.165) is 0 Å². The van der Waals surface area contributed by atoms with Crippen molar-refractivity contribution >= 4 is 23.4 Å². The van der Waals surface area contributed by atoms with Gasteiger partial charge in [-0.2, -0.15) is 5.10 Å². The zero-order valence-electron chi connectivity index (χ0n) is 17.4. The maximum Gasteiger partial charge on any atom is 0.323 e. The summed E-state index contributed by atoms with van der Waals surface area (Å²) in [5, 5.41) is 19.4. The van der Waals surface area contributed by atoms with Crippen LogP contribution in [0.25, 0.3) is 0 Å². The number of anilines is 2. The van der Waals surface area contributed by atoms with Gasteiger partial charge < -0.3 is 15.3 Å². The average molecular weight is 399 g/mol. The zero-order chi connectivity index (χ0) is 21.2. The van der Waals surface area contributed by atoms with Crippen LogP contribution in [0, 0.1) is 0 Å². The monoisotopic (exact) mass is 399 g/mol. The molecule has 0 spiro atoms. The summed E-state index contributed by atoms with van der Waals surface area (Å²) in [5.74, 6) is 0.0157. The number of carbonyl (C=O) groups excluding carboxylic acids is 2. The lowest BCUT2D eigenvalue weighted by Crippen LogP contribution is -2.42. The minimum Gasteiger partial charge on any atom is -0.393 e. The maximum absolute atomic E-state index is 12.6. The number of benzene rings is 1. The number of aromatic nitrogens is 2. The quantitative estimate of drug-likeness (QED) is 0.739. The Morgan fingerprint density at radius 3 is 2.31 bits per heavy atom. The van der Waals surface area contributed by atoms with E-state index in [4.69, 9.17) is 0 Å². The van der Waals surface area contributed by atoms with Gasteiger partial charge >= 0.3 is 6.03 Å². The van der Waals surface area contributed by atoms with Gasteiger partial charge in [0.1, 0.15) is 5.69 Å². The Morgan fingerprint density at radius 1 is 1.10 bits per heavy atom. The molecule has 1 fully saturated rings. The number of hydrogen-bond acceptors (Lipinski definition) is 4. The van der Waals surface area contributed by atoms with Crippen LogP contribution in [-0.2, 0) is 12.5 Å². The molecule has 156 valence electrons. The van der Waals surface area contributed by atoms with Gasteiger partial charge in [0.05, 0.1) is 6.10 Å². The highest BCUT2D eigenvalue weighted by molar-refractivity contribution is 6.04. The molecule has 8 nitrogen and oxygen atoms in total. The molecule has 1 aromatic heterocycles. The number of piperidine rings is 1. The van der Waals surface area contributed by atoms with E-state index in [1.807, 2.05) is 24.3 Å². The van der Waals surface area contributed by atoms with Gasteiger partial charge in [0.15, 0.2) is 5.82 Å². The molecule has 1 aromatic carbocycles. The molecule has 0 bridgehead atoms. The molecule has 2 aromatic rings. The molecule has 1 saturated heterocycles. The number of urea groups is 1. The van der Waals surface area contributed by atoms with Crippen LogP contribution in [0.2, 0.25) is 0 Å². The third-order valence-electron chi connectivity index (χ3n) is 5.11. The molecule has 1 aliphatic rings. The first-order chi connectivity index (χ1) is 13.6. The Labute approximate surface area is 170 Å². The molecule has 0 unspecified atom stereocenters. The molecule has 3 N–H and O–H groups in total. The van der Waals surface area contributed by atoms with Gasteiger partial charge in [-0.25, -0.2) is 4.79 Å². The first-order valence-corrected chi connectivity index (χ1v) is 9.83. The Morgan fingerprint density at radius 2 is 1.72 bits per heavy atom. The smallest absolute Gasteiger partial charge is 0.323 e. The van der Waals surface area contributed by atoms with Gasteiger partial charge in [0.25, 0.3) is 5.91 Å². The van der Waals surface area contributed by atoms with E-state index in [1.54, 1.807) is 18.0 Å². The first-order valence-electron chi connectivity index (χ1n) is 9.83. The van der Waals surface area contributed by atoms with Crippen LogP contribution in [0.5, 0.6) is 0 Å². The van der Waals surface area contributed by atoms with E-state index >= 15 is 0 Å². The van der Waals surface area contributed by atoms with Gasteiger partial charge in [-0.1, -0.05) is 32.9 Å². The lowest BCUT2D eigenvalue weighted by molar-refractivity contribution is 0.0970. The summed E-state index contributed by atoms with van der Waals surface area (Å²) in [6.07, 6.45) is 0.788. The molecule has 8 heteroatoms. The highest BCUT2D eigenvalue weighted by Gasteiger charge is 2.23. The van der Waals surface area contributed by atoms with E-state index in [2.05, 4.69) is 36.5 Å². The summed E-state index contributed by atoms with van der Waals surface area (Å²) >= 11 is 0. The summed E-state index contributed by atoms with van der Waals surface area (Å²) in [7, 11) is 1.66. The molecule has 3 amide bonds. The average Bonchev–Trinajstić information content (AvgIpc) is 3.02. The fourth-order valence-electron chi connectivity index (χ4n) is 3.25. The molecule has 0 saturated carbocycles. The molecule has 3 rings (SSSR count). The van der Waals surface area contributed by atoms with E-state index in [9.17, 15) is 14.7 Å². The van der Waals surface area contributed by atoms with Crippen LogP contribution in [0.3, 0.4) is 0 Å². The number of hydrogen-bond donors (Lipinski definition) is 3. The van der Waals surface area contributed by atoms with E-state index in [-0.39, 0.29) is 23.5 Å². The van der Waals surface area contributed by atoms with Gasteiger partial charge in [-0.3, -0.25) is 14.8 Å². The number of likely N-dealkylation sites (tertiary alicyclic amines) is 1. The number of aliphatic hydroxyl groups is 1. The number of nitrogens with one attached hydrogen (secondary N) is 2. The van der Waals surface area contributed by atoms with Crippen LogP contribution in [0.1, 0.15) is 49.7 Å². The maximum atomic E-state index is 12.6. The van der Waals surface area contributed by atoms with Crippen LogP contribution in [-0.4, -0.2) is 50.9 Å². The fourth-order valence-corrected chi connectivity index (χ4v) is 3.25. The molecule has 2 heterocycles. The van der Waals surface area contributed by atoms with Gasteiger partial charge in [0.2, 0.25) is 0 Å². The number of aryl methyl sites for hydroxylation is 1. The number of carbonyl (C=O) groups is 2. The lowest BCUT2D eigenvalue weighted by atomic mass is 9.87. The summed E-state index contributed by atoms with van der Waals surface area (Å²) < 4.78 is 1.44. The number of rotatable bonds is 3. The highest BCUT2D eigenvalue weighted by Crippen LogP contribution is 2.24. The van der Waals surface area contributed by atoms with E-state index < -0.39 is 0 Å². The second-order valence-electron chi connectivity index (χ2n) is 8.47. The SMILES string of the molecule is Cn1nc(NC(=O)N2CCC(O)CC2)cc1C(=O)Nc1ccc(C(C)(C)C)cc1. The van der Waals surface area contributed by atoms with Crippen molar-refractivity contribution in [2.75, 3.05) is 23.7 Å². The molecule has 0 radical (unpaired) electrons. The van der Waals surface area contributed by atoms with Crippen molar-refractivity contribution < 1.29 is 14.7 Å². The second kappa shape index (κ2) is 8.24. The normalized spacial score (nSPS) is 15.3. The van der Waals surface area contributed by atoms with Crippen LogP contribution in [0.4, 0.5) is 16.3 Å². The van der Waals surface area contributed by atoms with Crippen molar-refractivity contribution in [2.45, 2.75) is 45.1 Å². The second-order valence-corrected chi connectivity index (χ2v) is 8.47. The van der Waals surface area contributed by atoms with Crippen molar-refractivity contribution in [2.24, 2.45) is 7.05 Å². The third kappa shape index (κ3) is 5.14. The number of amides is 3. The molecule has 29 heavy (non-hydrogen) atoms. The van der Waals surface area contributed by atoms with Crippen molar-refractivity contribution in [3.05, 3.63) is 41.6 Å². The predicted octanol–water partition coefficient (Wildman–Crippen LogP) is 2.96. The summed E-state index contributed by atoms with van der Waals surface area (Å²) in [5.41, 5.74) is 2.27. The predicted molar refractivity (Wildman–Crippen MR) is 112 cm³/mol. The minimum atomic E-state index is -0.346. The Balaban J connectivity index is 1.63. The van der Waals surface area contributed by atoms with Crippen molar-refractivity contribution in [3.8, 4) is 0 Å². The van der Waals surface area contributed by atoms with Crippen LogP contribution in [0.15, 0.2) is 30.3 Å². The summed E-state index contributed by atoms with van der Waals surface area (Å²) in [4.78, 5) is 26.6. The van der Waals surface area contributed by atoms with Crippen LogP contribution >= 0.6 is 0 Å². The fraction of sp³-hybridized carbons (Fsp3) is 0.476. The zero-order valence-corrected chi connectivity index (χ0v) is 17.4. The molecular weight excluding hydrogens is 370 g/mol. The number of nitrogens with zero attached hydrogens (tertiary/aromatic N) is 3. The third-order valence-corrected chi connectivity index (χ3v) is 5.11. The van der Waals surface area contributed by atoms with Crippen molar-refractivity contribution in [1.82, 2.24) is 14.7 Å². The van der Waals surface area contributed by atoms with Gasteiger partial charge in [-0.15, -0.1) is 0 Å². The molecule has 1 aliphatic heterocycles. The Kier molecular flexibility index (Phi) is 5.93. The van der Waals surface area contributed by atoms with Gasteiger partial charge in [0, 0.05) is 31.9 Å². The van der Waals surface area contributed by atoms with Crippen molar-refractivity contribution in [1.29, 1.82) is 0 Å². The lowest BCUT2D eigenvalue weighted by Gasteiger charge is -2.29. The molecule has 0 atom stereocenters. The minimum absolute atomic E-state index is 0.0458. The van der Waals surface area contributed by atoms with Crippen LogP contribution < -0.4 is 10.6 Å². The van der Waals surface area contributed by atoms with E-state index in [1.165, 1.54) is 10.2 Å². The standard InChI is InChI=1S/C21H29N5O3/c1-21(2,3)14-5-7-15(8-6-14)22-19(28)17-13-18(24-25(17)4)23-20(29)26-11-9-16(27)10-12-26/h5-8,13,16,27H,9-12H2,1-4H3,(H,22,28)(H,23,24,29).